The summed E-state index contributed by atoms with van der Waals surface area (Å²) in [5, 5.41) is 27.0. The van der Waals surface area contributed by atoms with Gasteiger partial charge >= 0.3 is 5.97 Å². The Balaban J connectivity index is 2.79. The molecule has 1 saturated carbocycles. The third kappa shape index (κ3) is 2.06. The molecule has 68 valence electrons. The second kappa shape index (κ2) is 3.25. The summed E-state index contributed by atoms with van der Waals surface area (Å²) in [4.78, 5) is 10.3. The Kier molecular flexibility index (Phi) is 2.49. The number of carboxylic acids is 1. The first-order valence-electron chi connectivity index (χ1n) is 3.91. The molecule has 4 heteroatoms. The van der Waals surface area contributed by atoms with Crippen LogP contribution in [0, 0.1) is 0 Å². The van der Waals surface area contributed by atoms with Crippen LogP contribution in [0.15, 0.2) is 11.6 Å². The highest BCUT2D eigenvalue weighted by Gasteiger charge is 2.31. The molecule has 0 atom stereocenters. The number of hydrogen-bond donors (Lipinski definition) is 3. The highest BCUT2D eigenvalue weighted by Crippen LogP contribution is 2.30. The quantitative estimate of drug-likeness (QED) is 0.391. The maximum absolute atomic E-state index is 10.3. The molecule has 0 spiro atoms. The molecule has 12 heavy (non-hydrogen) atoms. The van der Waals surface area contributed by atoms with Crippen LogP contribution in [0.1, 0.15) is 25.7 Å². The van der Waals surface area contributed by atoms with E-state index in [-0.39, 0.29) is 12.0 Å². The van der Waals surface area contributed by atoms with Crippen LogP contribution >= 0.6 is 0 Å². The zero-order chi connectivity index (χ0) is 9.19. The monoisotopic (exact) mass is 172 g/mol. The van der Waals surface area contributed by atoms with E-state index in [1.54, 1.807) is 0 Å². The lowest BCUT2D eigenvalue weighted by molar-refractivity contribution is -0.145. The van der Waals surface area contributed by atoms with E-state index in [2.05, 4.69) is 0 Å². The number of rotatable bonds is 1. The minimum absolute atomic E-state index is 0.209. The Labute approximate surface area is 70.1 Å². The molecule has 0 aromatic carbocycles. The van der Waals surface area contributed by atoms with Gasteiger partial charge in [0.15, 0.2) is 5.79 Å². The van der Waals surface area contributed by atoms with Crippen LogP contribution in [-0.4, -0.2) is 27.1 Å². The van der Waals surface area contributed by atoms with Crippen molar-refractivity contribution in [1.82, 2.24) is 0 Å². The predicted octanol–water partition coefficient (Wildman–Crippen LogP) is 0.252. The van der Waals surface area contributed by atoms with Crippen molar-refractivity contribution in [2.75, 3.05) is 0 Å². The SMILES string of the molecule is O=C(O)/C=C1\CCCCC1(O)O. The van der Waals surface area contributed by atoms with Gasteiger partial charge in [-0.1, -0.05) is 0 Å². The van der Waals surface area contributed by atoms with Crippen LogP contribution in [0.25, 0.3) is 0 Å². The first kappa shape index (κ1) is 9.22. The average Bonchev–Trinajstić information content (AvgIpc) is 1.92. The van der Waals surface area contributed by atoms with Crippen molar-refractivity contribution in [1.29, 1.82) is 0 Å². The maximum Gasteiger partial charge on any atom is 0.328 e. The summed E-state index contributed by atoms with van der Waals surface area (Å²) in [6.45, 7) is 0. The normalized spacial score (nSPS) is 25.7. The summed E-state index contributed by atoms with van der Waals surface area (Å²) in [5.41, 5.74) is 0.209. The van der Waals surface area contributed by atoms with Crippen molar-refractivity contribution in [3.63, 3.8) is 0 Å². The standard InChI is InChI=1S/C8H12O4/c9-7(10)5-6-3-1-2-4-8(6,11)12/h5,11-12H,1-4H2,(H,9,10)/b6-5+. The molecule has 3 N–H and O–H groups in total. The number of hydrogen-bond acceptors (Lipinski definition) is 3. The first-order chi connectivity index (χ1) is 5.52. The number of aliphatic carboxylic acids is 1. The number of carboxylic acid groups (broad SMARTS) is 1. The van der Waals surface area contributed by atoms with Gasteiger partial charge in [0.25, 0.3) is 0 Å². The molecule has 0 amide bonds. The molecule has 0 heterocycles. The molecule has 0 bridgehead atoms. The minimum atomic E-state index is -1.89. The fraction of sp³-hybridized carbons (Fsp3) is 0.625. The Bertz CT molecular complexity index is 217. The second-order valence-electron chi connectivity index (χ2n) is 3.03. The molecule has 1 aliphatic carbocycles. The summed E-state index contributed by atoms with van der Waals surface area (Å²) < 4.78 is 0. The molecule has 1 fully saturated rings. The molecule has 0 saturated heterocycles. The fourth-order valence-electron chi connectivity index (χ4n) is 1.38. The van der Waals surface area contributed by atoms with E-state index in [1.165, 1.54) is 0 Å². The topological polar surface area (TPSA) is 77.8 Å². The van der Waals surface area contributed by atoms with Gasteiger partial charge in [0.2, 0.25) is 0 Å². The van der Waals surface area contributed by atoms with Crippen LogP contribution in [-0.2, 0) is 4.79 Å². The van der Waals surface area contributed by atoms with Gasteiger partial charge < -0.3 is 15.3 Å². The zero-order valence-corrected chi connectivity index (χ0v) is 6.66. The van der Waals surface area contributed by atoms with Crippen molar-refractivity contribution < 1.29 is 20.1 Å². The van der Waals surface area contributed by atoms with Crippen LogP contribution in [0.3, 0.4) is 0 Å². The van der Waals surface area contributed by atoms with Crippen LogP contribution < -0.4 is 0 Å². The lowest BCUT2D eigenvalue weighted by Crippen LogP contribution is -2.33. The molecule has 1 rings (SSSR count). The van der Waals surface area contributed by atoms with Gasteiger partial charge in [0, 0.05) is 12.5 Å². The van der Waals surface area contributed by atoms with E-state index in [9.17, 15) is 15.0 Å². The molecular weight excluding hydrogens is 160 g/mol. The van der Waals surface area contributed by atoms with Crippen LogP contribution in [0.5, 0.6) is 0 Å². The number of carbonyl (C=O) groups is 1. The summed E-state index contributed by atoms with van der Waals surface area (Å²) in [7, 11) is 0. The second-order valence-corrected chi connectivity index (χ2v) is 3.03. The lowest BCUT2D eigenvalue weighted by Gasteiger charge is -2.29. The summed E-state index contributed by atoms with van der Waals surface area (Å²) in [6.07, 6.45) is 3.12. The van der Waals surface area contributed by atoms with Gasteiger partial charge in [-0.3, -0.25) is 0 Å². The van der Waals surface area contributed by atoms with Crippen molar-refractivity contribution >= 4 is 5.97 Å². The third-order valence-corrected chi connectivity index (χ3v) is 2.03. The van der Waals surface area contributed by atoms with Crippen molar-refractivity contribution in [3.05, 3.63) is 11.6 Å². The van der Waals surface area contributed by atoms with E-state index in [0.29, 0.717) is 6.42 Å². The molecule has 1 aliphatic rings. The largest absolute Gasteiger partial charge is 0.478 e. The first-order valence-corrected chi connectivity index (χ1v) is 3.91. The number of aliphatic hydroxyl groups is 2. The van der Waals surface area contributed by atoms with Crippen LogP contribution in [0.4, 0.5) is 0 Å². The van der Waals surface area contributed by atoms with Crippen molar-refractivity contribution in [3.8, 4) is 0 Å². The fourth-order valence-corrected chi connectivity index (χ4v) is 1.38. The predicted molar refractivity (Wildman–Crippen MR) is 41.4 cm³/mol. The minimum Gasteiger partial charge on any atom is -0.478 e. The average molecular weight is 172 g/mol. The zero-order valence-electron chi connectivity index (χ0n) is 6.66. The summed E-state index contributed by atoms with van der Waals surface area (Å²) >= 11 is 0. The van der Waals surface area contributed by atoms with Gasteiger partial charge in [0.1, 0.15) is 0 Å². The van der Waals surface area contributed by atoms with Gasteiger partial charge in [0.05, 0.1) is 0 Å². The summed E-state index contributed by atoms with van der Waals surface area (Å²) in [6, 6.07) is 0. The molecular formula is C8H12O4. The smallest absolute Gasteiger partial charge is 0.328 e. The molecule has 0 aliphatic heterocycles. The maximum atomic E-state index is 10.3. The van der Waals surface area contributed by atoms with Crippen molar-refractivity contribution in [2.24, 2.45) is 0 Å². The lowest BCUT2D eigenvalue weighted by atomic mass is 9.89. The Morgan fingerprint density at radius 1 is 1.42 bits per heavy atom. The van der Waals surface area contributed by atoms with Crippen LogP contribution in [0.2, 0.25) is 0 Å². The summed E-state index contributed by atoms with van der Waals surface area (Å²) in [5.74, 6) is -3.02. The molecule has 0 aromatic heterocycles. The Hall–Kier alpha value is -0.870. The van der Waals surface area contributed by atoms with E-state index in [1.807, 2.05) is 0 Å². The highest BCUT2D eigenvalue weighted by atomic mass is 16.5. The van der Waals surface area contributed by atoms with Gasteiger partial charge in [-0.25, -0.2) is 4.79 Å². The molecule has 0 unspecified atom stereocenters. The van der Waals surface area contributed by atoms with Gasteiger partial charge in [-0.15, -0.1) is 0 Å². The Morgan fingerprint density at radius 2 is 2.08 bits per heavy atom. The molecule has 4 nitrogen and oxygen atoms in total. The van der Waals surface area contributed by atoms with E-state index in [0.717, 1.165) is 18.9 Å². The third-order valence-electron chi connectivity index (χ3n) is 2.03. The van der Waals surface area contributed by atoms with E-state index >= 15 is 0 Å². The Morgan fingerprint density at radius 3 is 2.58 bits per heavy atom. The highest BCUT2D eigenvalue weighted by molar-refractivity contribution is 5.81. The molecule has 0 aromatic rings. The van der Waals surface area contributed by atoms with E-state index < -0.39 is 11.8 Å². The van der Waals surface area contributed by atoms with E-state index in [4.69, 9.17) is 5.11 Å². The van der Waals surface area contributed by atoms with Gasteiger partial charge in [-0.05, 0) is 24.8 Å². The van der Waals surface area contributed by atoms with Crippen molar-refractivity contribution in [2.45, 2.75) is 31.5 Å². The molecule has 0 radical (unpaired) electrons. The van der Waals surface area contributed by atoms with Gasteiger partial charge in [-0.2, -0.15) is 0 Å².